The number of pyridine rings is 1. The van der Waals surface area contributed by atoms with Crippen LogP contribution in [0.15, 0.2) is 42.6 Å². The highest BCUT2D eigenvalue weighted by Crippen LogP contribution is 2.25. The minimum Gasteiger partial charge on any atom is -0.350 e. The van der Waals surface area contributed by atoms with Crippen LogP contribution in [-0.2, 0) is 0 Å². The first-order valence-corrected chi connectivity index (χ1v) is 9.19. The number of nitriles is 1. The van der Waals surface area contributed by atoms with Crippen molar-refractivity contribution in [1.29, 1.82) is 5.26 Å². The highest BCUT2D eigenvalue weighted by Gasteiger charge is 2.23. The molecule has 1 fully saturated rings. The highest BCUT2D eigenvalue weighted by molar-refractivity contribution is 6.30. The van der Waals surface area contributed by atoms with E-state index in [4.69, 9.17) is 16.9 Å². The lowest BCUT2D eigenvalue weighted by Gasteiger charge is -2.35. The second kappa shape index (κ2) is 8.79. The Morgan fingerprint density at radius 3 is 2.54 bits per heavy atom. The molecule has 0 aliphatic carbocycles. The molecule has 0 bridgehead atoms. The monoisotopic (exact) mass is 368 g/mol. The summed E-state index contributed by atoms with van der Waals surface area (Å²) in [5.74, 6) is -0.182. The number of nitrogens with one attached hydrogen (secondary N) is 1. The number of halogens is 1. The summed E-state index contributed by atoms with van der Waals surface area (Å²) < 4.78 is 0. The van der Waals surface area contributed by atoms with E-state index in [-0.39, 0.29) is 11.9 Å². The highest BCUT2D eigenvalue weighted by atomic mass is 35.5. The maximum atomic E-state index is 12.4. The van der Waals surface area contributed by atoms with Crippen molar-refractivity contribution in [3.05, 3.63) is 64.4 Å². The molecule has 134 valence electrons. The molecule has 2 heterocycles. The molecule has 1 aliphatic rings. The Morgan fingerprint density at radius 1 is 1.19 bits per heavy atom. The number of carbonyl (C=O) groups excluding carboxylic acids is 1. The number of carbonyl (C=O) groups is 1. The molecule has 1 amide bonds. The molecule has 1 aromatic heterocycles. The average molecular weight is 369 g/mol. The van der Waals surface area contributed by atoms with Crippen molar-refractivity contribution in [1.82, 2.24) is 15.2 Å². The molecule has 0 saturated carbocycles. The van der Waals surface area contributed by atoms with Gasteiger partial charge in [-0.15, -0.1) is 0 Å². The Labute approximate surface area is 158 Å². The molecule has 0 spiro atoms. The number of rotatable bonds is 5. The van der Waals surface area contributed by atoms with Gasteiger partial charge in [0, 0.05) is 17.8 Å². The van der Waals surface area contributed by atoms with E-state index < -0.39 is 0 Å². The number of likely N-dealkylation sites (tertiary alicyclic amines) is 1. The fourth-order valence-corrected chi connectivity index (χ4v) is 3.38. The van der Waals surface area contributed by atoms with Crippen LogP contribution in [-0.4, -0.2) is 35.4 Å². The Kier molecular flexibility index (Phi) is 6.21. The third kappa shape index (κ3) is 4.60. The van der Waals surface area contributed by atoms with Gasteiger partial charge < -0.3 is 5.32 Å². The van der Waals surface area contributed by atoms with Crippen molar-refractivity contribution >= 4 is 17.5 Å². The molecule has 3 rings (SSSR count). The number of amides is 1. The summed E-state index contributed by atoms with van der Waals surface area (Å²) in [7, 11) is 0. The summed E-state index contributed by atoms with van der Waals surface area (Å²) in [5.41, 5.74) is 1.90. The van der Waals surface area contributed by atoms with Crippen LogP contribution in [0.4, 0.5) is 0 Å². The maximum Gasteiger partial charge on any atom is 0.252 e. The van der Waals surface area contributed by atoms with Gasteiger partial charge in [0.25, 0.3) is 5.91 Å². The van der Waals surface area contributed by atoms with Crippen molar-refractivity contribution in [3.8, 4) is 6.07 Å². The molecule has 0 radical (unpaired) electrons. The summed E-state index contributed by atoms with van der Waals surface area (Å²) >= 11 is 6.02. The fraction of sp³-hybridized carbons (Fsp3) is 0.350. The van der Waals surface area contributed by atoms with Gasteiger partial charge in [-0.05, 0) is 55.8 Å². The lowest BCUT2D eigenvalue weighted by atomic mass is 10.0. The lowest BCUT2D eigenvalue weighted by Crippen LogP contribution is -2.40. The van der Waals surface area contributed by atoms with Crippen molar-refractivity contribution in [2.75, 3.05) is 19.6 Å². The Morgan fingerprint density at radius 2 is 1.92 bits per heavy atom. The lowest BCUT2D eigenvalue weighted by molar-refractivity contribution is 0.0924. The number of hydrogen-bond donors (Lipinski definition) is 1. The normalized spacial score (nSPS) is 15.8. The first-order chi connectivity index (χ1) is 12.7. The van der Waals surface area contributed by atoms with Gasteiger partial charge in [-0.2, -0.15) is 5.26 Å². The van der Waals surface area contributed by atoms with E-state index in [1.54, 1.807) is 12.1 Å². The van der Waals surface area contributed by atoms with Crippen LogP contribution in [0.5, 0.6) is 0 Å². The van der Waals surface area contributed by atoms with Gasteiger partial charge in [0.1, 0.15) is 11.8 Å². The van der Waals surface area contributed by atoms with E-state index in [9.17, 15) is 4.79 Å². The minimum absolute atomic E-state index is 0.114. The number of nitrogens with zero attached hydrogens (tertiary/aromatic N) is 3. The smallest absolute Gasteiger partial charge is 0.252 e. The Balaban J connectivity index is 1.71. The number of piperidine rings is 1. The number of hydrogen-bond acceptors (Lipinski definition) is 4. The molecule has 1 N–H and O–H groups in total. The van der Waals surface area contributed by atoms with E-state index in [2.05, 4.69) is 15.2 Å². The van der Waals surface area contributed by atoms with Gasteiger partial charge in [-0.1, -0.05) is 30.2 Å². The summed E-state index contributed by atoms with van der Waals surface area (Å²) in [5, 5.41) is 12.5. The van der Waals surface area contributed by atoms with Gasteiger partial charge >= 0.3 is 0 Å². The van der Waals surface area contributed by atoms with Gasteiger partial charge in [-0.25, -0.2) is 4.98 Å². The first-order valence-electron chi connectivity index (χ1n) is 8.81. The number of aromatic nitrogens is 1. The zero-order valence-corrected chi connectivity index (χ0v) is 15.2. The predicted octanol–water partition coefficient (Wildman–Crippen LogP) is 3.56. The molecule has 6 heteroatoms. The van der Waals surface area contributed by atoms with Crippen molar-refractivity contribution in [2.24, 2.45) is 0 Å². The van der Waals surface area contributed by atoms with Crippen LogP contribution >= 0.6 is 11.6 Å². The summed E-state index contributed by atoms with van der Waals surface area (Å²) in [4.78, 5) is 18.8. The number of benzene rings is 1. The van der Waals surface area contributed by atoms with E-state index in [0.717, 1.165) is 18.7 Å². The zero-order valence-electron chi connectivity index (χ0n) is 14.5. The molecule has 26 heavy (non-hydrogen) atoms. The quantitative estimate of drug-likeness (QED) is 0.876. The molecule has 5 nitrogen and oxygen atoms in total. The van der Waals surface area contributed by atoms with Crippen LogP contribution in [0.2, 0.25) is 5.02 Å². The summed E-state index contributed by atoms with van der Waals surface area (Å²) in [6.07, 6.45) is 5.05. The molecule has 1 aliphatic heterocycles. The topological polar surface area (TPSA) is 69.0 Å². The Bertz CT molecular complexity index is 777. The van der Waals surface area contributed by atoms with Crippen LogP contribution in [0.1, 0.15) is 46.9 Å². The molecule has 2 aromatic rings. The van der Waals surface area contributed by atoms with E-state index in [1.165, 1.54) is 25.5 Å². The minimum atomic E-state index is -0.182. The molecule has 1 saturated heterocycles. The van der Waals surface area contributed by atoms with Gasteiger partial charge in [0.05, 0.1) is 11.6 Å². The second-order valence-electron chi connectivity index (χ2n) is 6.42. The summed E-state index contributed by atoms with van der Waals surface area (Å²) in [6, 6.07) is 13.1. The van der Waals surface area contributed by atoms with E-state index >= 15 is 0 Å². The first kappa shape index (κ1) is 18.4. The SMILES string of the molecule is N#Cc1ccc(C(=O)NC[C@H](c2ccc(Cl)cc2)N2CCCCC2)cn1. The van der Waals surface area contributed by atoms with Crippen molar-refractivity contribution in [2.45, 2.75) is 25.3 Å². The van der Waals surface area contributed by atoms with Gasteiger partial charge in [-0.3, -0.25) is 9.69 Å². The van der Waals surface area contributed by atoms with Crippen molar-refractivity contribution in [3.63, 3.8) is 0 Å². The summed E-state index contributed by atoms with van der Waals surface area (Å²) in [6.45, 7) is 2.57. The van der Waals surface area contributed by atoms with Gasteiger partial charge in [0.15, 0.2) is 0 Å². The standard InChI is InChI=1S/C20H21ClN4O/c21-17-7-4-15(5-8-17)19(25-10-2-1-3-11-25)14-24-20(26)16-6-9-18(12-22)23-13-16/h4-9,13,19H,1-3,10-11,14H2,(H,24,26)/t19-/m1/s1. The molecular weight excluding hydrogens is 348 g/mol. The van der Waals surface area contributed by atoms with Crippen LogP contribution in [0.25, 0.3) is 0 Å². The van der Waals surface area contributed by atoms with Crippen molar-refractivity contribution < 1.29 is 4.79 Å². The molecular formula is C20H21ClN4O. The largest absolute Gasteiger partial charge is 0.350 e. The van der Waals surface area contributed by atoms with E-state index in [1.807, 2.05) is 30.3 Å². The molecule has 1 aromatic carbocycles. The second-order valence-corrected chi connectivity index (χ2v) is 6.85. The average Bonchev–Trinajstić information content (AvgIpc) is 2.70. The van der Waals surface area contributed by atoms with Crippen LogP contribution < -0.4 is 5.32 Å². The third-order valence-electron chi connectivity index (χ3n) is 4.68. The third-order valence-corrected chi connectivity index (χ3v) is 4.93. The Hall–Kier alpha value is -2.42. The van der Waals surface area contributed by atoms with Crippen LogP contribution in [0, 0.1) is 11.3 Å². The zero-order chi connectivity index (χ0) is 18.4. The van der Waals surface area contributed by atoms with Gasteiger partial charge in [0.2, 0.25) is 0 Å². The fourth-order valence-electron chi connectivity index (χ4n) is 3.26. The van der Waals surface area contributed by atoms with E-state index in [0.29, 0.717) is 22.8 Å². The van der Waals surface area contributed by atoms with Crippen LogP contribution in [0.3, 0.4) is 0 Å². The predicted molar refractivity (Wildman–Crippen MR) is 101 cm³/mol. The maximum absolute atomic E-state index is 12.4. The molecule has 1 atom stereocenters. The molecule has 0 unspecified atom stereocenters.